The molecule has 1 N–H and O–H groups in total. The van der Waals surface area contributed by atoms with E-state index in [2.05, 4.69) is 20.3 Å². The van der Waals surface area contributed by atoms with E-state index in [1.54, 1.807) is 12.1 Å². The van der Waals surface area contributed by atoms with Gasteiger partial charge in [-0.15, -0.1) is 10.2 Å². The molecule has 0 aliphatic rings. The van der Waals surface area contributed by atoms with Gasteiger partial charge in [0.05, 0.1) is 0 Å². The molecule has 20 heavy (non-hydrogen) atoms. The zero-order valence-electron chi connectivity index (χ0n) is 11.0. The summed E-state index contributed by atoms with van der Waals surface area (Å²) in [5.74, 6) is 0.990. The quantitative estimate of drug-likeness (QED) is 0.791. The number of ether oxygens (including phenoxy) is 1. The van der Waals surface area contributed by atoms with Gasteiger partial charge >= 0.3 is 6.61 Å². The van der Waals surface area contributed by atoms with E-state index in [0.717, 1.165) is 13.1 Å². The maximum absolute atomic E-state index is 12.0. The second kappa shape index (κ2) is 6.95. The summed E-state index contributed by atoms with van der Waals surface area (Å²) in [5.41, 5.74) is 0.661. The van der Waals surface area contributed by atoms with Crippen molar-refractivity contribution in [2.75, 3.05) is 13.1 Å². The smallest absolute Gasteiger partial charge is 0.387 e. The summed E-state index contributed by atoms with van der Waals surface area (Å²) < 4.78 is 33.8. The monoisotopic (exact) mass is 283 g/mol. The van der Waals surface area contributed by atoms with Gasteiger partial charge < -0.3 is 14.5 Å². The number of alkyl halides is 2. The van der Waals surface area contributed by atoms with Crippen LogP contribution >= 0.6 is 0 Å². The summed E-state index contributed by atoms with van der Waals surface area (Å²) >= 11 is 0. The van der Waals surface area contributed by atoms with E-state index in [0.29, 0.717) is 23.8 Å². The number of aromatic nitrogens is 2. The van der Waals surface area contributed by atoms with Crippen molar-refractivity contribution in [3.05, 3.63) is 30.2 Å². The van der Waals surface area contributed by atoms with Crippen LogP contribution in [-0.2, 0) is 6.42 Å². The summed E-state index contributed by atoms with van der Waals surface area (Å²) in [7, 11) is 0. The average Bonchev–Trinajstić information content (AvgIpc) is 2.88. The van der Waals surface area contributed by atoms with Crippen LogP contribution in [-0.4, -0.2) is 29.9 Å². The van der Waals surface area contributed by atoms with E-state index in [4.69, 9.17) is 4.42 Å². The predicted octanol–water partition coefficient (Wildman–Crippen LogP) is 2.49. The number of benzene rings is 1. The van der Waals surface area contributed by atoms with Gasteiger partial charge in [0.2, 0.25) is 11.8 Å². The second-order valence-electron chi connectivity index (χ2n) is 4.01. The summed E-state index contributed by atoms with van der Waals surface area (Å²) in [5, 5.41) is 11.0. The van der Waals surface area contributed by atoms with E-state index in [1.807, 2.05) is 6.92 Å². The van der Waals surface area contributed by atoms with Crippen LogP contribution in [0.2, 0.25) is 0 Å². The van der Waals surface area contributed by atoms with Crippen LogP contribution in [0, 0.1) is 0 Å². The van der Waals surface area contributed by atoms with Crippen molar-refractivity contribution >= 4 is 0 Å². The largest absolute Gasteiger partial charge is 0.435 e. The standard InChI is InChI=1S/C13H15F2N3O2/c1-2-16-8-7-11-17-18-12(20-11)9-3-5-10(6-4-9)19-13(14)15/h3-6,13,16H,2,7-8H2,1H3. The van der Waals surface area contributed by atoms with Crippen molar-refractivity contribution in [1.82, 2.24) is 15.5 Å². The lowest BCUT2D eigenvalue weighted by Crippen LogP contribution is -2.16. The maximum Gasteiger partial charge on any atom is 0.387 e. The normalized spacial score (nSPS) is 11.0. The van der Waals surface area contributed by atoms with E-state index in [1.165, 1.54) is 12.1 Å². The van der Waals surface area contributed by atoms with Crippen molar-refractivity contribution in [2.45, 2.75) is 20.0 Å². The number of rotatable bonds is 7. The van der Waals surface area contributed by atoms with Crippen molar-refractivity contribution in [1.29, 1.82) is 0 Å². The van der Waals surface area contributed by atoms with Gasteiger partial charge in [0.15, 0.2) is 0 Å². The Balaban J connectivity index is 2.00. The Labute approximate surface area is 115 Å². The number of nitrogens with one attached hydrogen (secondary N) is 1. The van der Waals surface area contributed by atoms with Gasteiger partial charge in [0, 0.05) is 18.5 Å². The first-order valence-corrected chi connectivity index (χ1v) is 6.27. The highest BCUT2D eigenvalue weighted by Gasteiger charge is 2.09. The minimum Gasteiger partial charge on any atom is -0.435 e. The summed E-state index contributed by atoms with van der Waals surface area (Å²) in [6, 6.07) is 6.06. The highest BCUT2D eigenvalue weighted by Crippen LogP contribution is 2.22. The molecule has 7 heteroatoms. The molecule has 1 heterocycles. The van der Waals surface area contributed by atoms with Crippen LogP contribution in [0.4, 0.5) is 8.78 Å². The zero-order chi connectivity index (χ0) is 14.4. The first kappa shape index (κ1) is 14.4. The summed E-state index contributed by atoms with van der Waals surface area (Å²) in [6.45, 7) is 0.829. The molecule has 0 aliphatic carbocycles. The van der Waals surface area contributed by atoms with Crippen LogP contribution in [0.1, 0.15) is 12.8 Å². The molecule has 0 bridgehead atoms. The van der Waals surface area contributed by atoms with Gasteiger partial charge in [-0.05, 0) is 30.8 Å². The molecule has 1 aromatic heterocycles. The van der Waals surface area contributed by atoms with Gasteiger partial charge in [-0.2, -0.15) is 8.78 Å². The number of hydrogen-bond donors (Lipinski definition) is 1. The molecule has 2 rings (SSSR count). The molecule has 0 radical (unpaired) electrons. The minimum atomic E-state index is -2.83. The van der Waals surface area contributed by atoms with Crippen LogP contribution < -0.4 is 10.1 Å². The molecule has 0 unspecified atom stereocenters. The van der Waals surface area contributed by atoms with Gasteiger partial charge in [-0.1, -0.05) is 6.92 Å². The third-order valence-corrected chi connectivity index (χ3v) is 2.56. The molecule has 0 saturated heterocycles. The molecule has 2 aromatic rings. The van der Waals surface area contributed by atoms with Crippen LogP contribution in [0.25, 0.3) is 11.5 Å². The molecule has 0 atom stereocenters. The first-order valence-electron chi connectivity index (χ1n) is 6.27. The molecule has 0 fully saturated rings. The molecule has 1 aromatic carbocycles. The lowest BCUT2D eigenvalue weighted by atomic mass is 10.2. The topological polar surface area (TPSA) is 60.2 Å². The fraction of sp³-hybridized carbons (Fsp3) is 0.385. The Morgan fingerprint density at radius 2 is 2.00 bits per heavy atom. The lowest BCUT2D eigenvalue weighted by molar-refractivity contribution is -0.0498. The van der Waals surface area contributed by atoms with Crippen LogP contribution in [0.3, 0.4) is 0 Å². The maximum atomic E-state index is 12.0. The highest BCUT2D eigenvalue weighted by atomic mass is 19.3. The third-order valence-electron chi connectivity index (χ3n) is 2.56. The molecule has 0 spiro atoms. The number of nitrogens with zero attached hydrogens (tertiary/aromatic N) is 2. The van der Waals surface area contributed by atoms with E-state index in [9.17, 15) is 8.78 Å². The number of hydrogen-bond acceptors (Lipinski definition) is 5. The van der Waals surface area contributed by atoms with Gasteiger partial charge in [0.25, 0.3) is 0 Å². The molecule has 5 nitrogen and oxygen atoms in total. The van der Waals surface area contributed by atoms with Crippen molar-refractivity contribution < 1.29 is 17.9 Å². The average molecular weight is 283 g/mol. The molecular weight excluding hydrogens is 268 g/mol. The molecule has 108 valence electrons. The van der Waals surface area contributed by atoms with Gasteiger partial charge in [0.1, 0.15) is 5.75 Å². The van der Waals surface area contributed by atoms with E-state index in [-0.39, 0.29) is 5.75 Å². The Hall–Kier alpha value is -2.02. The van der Waals surface area contributed by atoms with Gasteiger partial charge in [-0.25, -0.2) is 0 Å². The Morgan fingerprint density at radius 3 is 2.65 bits per heavy atom. The SMILES string of the molecule is CCNCCc1nnc(-c2ccc(OC(F)F)cc2)o1. The fourth-order valence-electron chi connectivity index (χ4n) is 1.62. The van der Waals surface area contributed by atoms with E-state index < -0.39 is 6.61 Å². The van der Waals surface area contributed by atoms with Crippen LogP contribution in [0.5, 0.6) is 5.75 Å². The highest BCUT2D eigenvalue weighted by molar-refractivity contribution is 5.53. The Kier molecular flexibility index (Phi) is 5.00. The number of likely N-dealkylation sites (N-methyl/N-ethyl adjacent to an activating group) is 1. The lowest BCUT2D eigenvalue weighted by Gasteiger charge is -2.03. The van der Waals surface area contributed by atoms with Crippen LogP contribution in [0.15, 0.2) is 28.7 Å². The predicted molar refractivity (Wildman–Crippen MR) is 68.6 cm³/mol. The number of halogens is 2. The fourth-order valence-corrected chi connectivity index (χ4v) is 1.62. The Morgan fingerprint density at radius 1 is 1.25 bits per heavy atom. The van der Waals surface area contributed by atoms with E-state index >= 15 is 0 Å². The summed E-state index contributed by atoms with van der Waals surface area (Å²) in [4.78, 5) is 0. The zero-order valence-corrected chi connectivity index (χ0v) is 11.0. The minimum absolute atomic E-state index is 0.0932. The molecular formula is C13H15F2N3O2. The molecule has 0 saturated carbocycles. The third kappa shape index (κ3) is 3.99. The van der Waals surface area contributed by atoms with Crippen molar-refractivity contribution in [3.8, 4) is 17.2 Å². The molecule has 0 amide bonds. The Bertz CT molecular complexity index is 529. The molecule has 0 aliphatic heterocycles. The first-order chi connectivity index (χ1) is 9.69. The summed E-state index contributed by atoms with van der Waals surface area (Å²) in [6.07, 6.45) is 0.646. The van der Waals surface area contributed by atoms with Crippen molar-refractivity contribution in [3.63, 3.8) is 0 Å². The van der Waals surface area contributed by atoms with Gasteiger partial charge in [-0.3, -0.25) is 0 Å². The van der Waals surface area contributed by atoms with Crippen molar-refractivity contribution in [2.24, 2.45) is 0 Å². The second-order valence-corrected chi connectivity index (χ2v) is 4.01.